The van der Waals surface area contributed by atoms with Crippen LogP contribution in [0.1, 0.15) is 43.9 Å². The maximum atomic E-state index is 12.3. The molecule has 0 radical (unpaired) electrons. The molecule has 0 bridgehead atoms. The standard InChI is InChI=1S/C21H29N3O4/c25-21(22-10-4-13-26-15-17-5-3-14-27-17)24-11-8-16(9-12-24)20-23-18-6-1-2-7-19(18)28-20/h1-2,6-7,16-17H,3-5,8-15H2,(H,22,25). The van der Waals surface area contributed by atoms with Crippen molar-refractivity contribution in [2.24, 2.45) is 0 Å². The van der Waals surface area contributed by atoms with E-state index >= 15 is 0 Å². The summed E-state index contributed by atoms with van der Waals surface area (Å²) in [5.74, 6) is 1.08. The monoisotopic (exact) mass is 387 g/mol. The molecule has 1 N–H and O–H groups in total. The first-order chi connectivity index (χ1) is 13.8. The molecule has 2 saturated heterocycles. The fourth-order valence-electron chi connectivity index (χ4n) is 3.87. The molecule has 4 rings (SSSR count). The van der Waals surface area contributed by atoms with Crippen LogP contribution in [0.25, 0.3) is 11.1 Å². The highest BCUT2D eigenvalue weighted by Gasteiger charge is 2.26. The van der Waals surface area contributed by atoms with E-state index < -0.39 is 0 Å². The lowest BCUT2D eigenvalue weighted by Crippen LogP contribution is -2.44. The summed E-state index contributed by atoms with van der Waals surface area (Å²) in [5.41, 5.74) is 1.73. The molecule has 152 valence electrons. The number of rotatable bonds is 7. The molecule has 1 unspecified atom stereocenters. The number of hydrogen-bond acceptors (Lipinski definition) is 5. The smallest absolute Gasteiger partial charge is 0.317 e. The van der Waals surface area contributed by atoms with E-state index in [1.54, 1.807) is 0 Å². The minimum Gasteiger partial charge on any atom is -0.440 e. The molecule has 28 heavy (non-hydrogen) atoms. The SMILES string of the molecule is O=C(NCCCOCC1CCCO1)N1CCC(c2nc3ccccc3o2)CC1. The van der Waals surface area contributed by atoms with Crippen LogP contribution in [-0.4, -0.2) is 61.5 Å². The lowest BCUT2D eigenvalue weighted by atomic mass is 9.97. The highest BCUT2D eigenvalue weighted by molar-refractivity contribution is 5.74. The Bertz CT molecular complexity index is 731. The number of benzene rings is 1. The Hall–Kier alpha value is -2.12. The number of urea groups is 1. The Morgan fingerprint density at radius 2 is 2.11 bits per heavy atom. The summed E-state index contributed by atoms with van der Waals surface area (Å²) in [6.45, 7) is 4.26. The molecule has 1 aromatic heterocycles. The Kier molecular flexibility index (Phi) is 6.44. The van der Waals surface area contributed by atoms with Crippen LogP contribution >= 0.6 is 0 Å². The third-order valence-corrected chi connectivity index (χ3v) is 5.51. The number of para-hydroxylation sites is 2. The second-order valence-corrected chi connectivity index (χ2v) is 7.58. The van der Waals surface area contributed by atoms with Gasteiger partial charge in [-0.1, -0.05) is 12.1 Å². The van der Waals surface area contributed by atoms with Gasteiger partial charge in [-0.15, -0.1) is 0 Å². The number of hydrogen-bond donors (Lipinski definition) is 1. The van der Waals surface area contributed by atoms with Crippen LogP contribution in [0.3, 0.4) is 0 Å². The average Bonchev–Trinajstić information content (AvgIpc) is 3.40. The van der Waals surface area contributed by atoms with Gasteiger partial charge in [0.2, 0.25) is 0 Å². The molecule has 2 aliphatic heterocycles. The van der Waals surface area contributed by atoms with Crippen LogP contribution in [0, 0.1) is 0 Å². The number of aromatic nitrogens is 1. The molecule has 0 aliphatic carbocycles. The third kappa shape index (κ3) is 4.83. The zero-order valence-corrected chi connectivity index (χ0v) is 16.3. The molecule has 7 nitrogen and oxygen atoms in total. The number of amides is 2. The van der Waals surface area contributed by atoms with E-state index in [1.807, 2.05) is 29.2 Å². The largest absolute Gasteiger partial charge is 0.440 e. The van der Waals surface area contributed by atoms with Crippen molar-refractivity contribution in [3.05, 3.63) is 30.2 Å². The predicted molar refractivity (Wildman–Crippen MR) is 105 cm³/mol. The number of fused-ring (bicyclic) bond motifs is 1. The molecule has 2 aliphatic rings. The first-order valence-electron chi connectivity index (χ1n) is 10.4. The fourth-order valence-corrected chi connectivity index (χ4v) is 3.87. The molecule has 7 heteroatoms. The number of carbonyl (C=O) groups excluding carboxylic acids is 1. The Balaban J connectivity index is 1.13. The van der Waals surface area contributed by atoms with Crippen molar-refractivity contribution in [2.75, 3.05) is 39.5 Å². The molecule has 3 heterocycles. The molecule has 1 atom stereocenters. The zero-order valence-electron chi connectivity index (χ0n) is 16.3. The Morgan fingerprint density at radius 1 is 1.25 bits per heavy atom. The highest BCUT2D eigenvalue weighted by atomic mass is 16.5. The van der Waals surface area contributed by atoms with E-state index in [0.29, 0.717) is 19.8 Å². The van der Waals surface area contributed by atoms with Gasteiger partial charge in [0.15, 0.2) is 11.5 Å². The van der Waals surface area contributed by atoms with Crippen molar-refractivity contribution < 1.29 is 18.7 Å². The van der Waals surface area contributed by atoms with Gasteiger partial charge in [-0.05, 0) is 44.2 Å². The summed E-state index contributed by atoms with van der Waals surface area (Å²) in [6.07, 6.45) is 5.06. The normalized spacial score (nSPS) is 20.7. The van der Waals surface area contributed by atoms with Gasteiger partial charge in [-0.2, -0.15) is 0 Å². The molecular weight excluding hydrogens is 358 g/mol. The summed E-state index contributed by atoms with van der Waals surface area (Å²) in [7, 11) is 0. The Labute approximate surface area is 165 Å². The molecular formula is C21H29N3O4. The van der Waals surface area contributed by atoms with Gasteiger partial charge in [0.25, 0.3) is 0 Å². The summed E-state index contributed by atoms with van der Waals surface area (Å²) in [6, 6.07) is 7.84. The van der Waals surface area contributed by atoms with E-state index in [-0.39, 0.29) is 18.1 Å². The Morgan fingerprint density at radius 3 is 2.89 bits per heavy atom. The minimum atomic E-state index is 0.00939. The molecule has 0 spiro atoms. The van der Waals surface area contributed by atoms with E-state index in [2.05, 4.69) is 10.3 Å². The van der Waals surface area contributed by atoms with Crippen molar-refractivity contribution in [3.8, 4) is 0 Å². The van der Waals surface area contributed by atoms with Crippen LogP contribution in [0.5, 0.6) is 0 Å². The van der Waals surface area contributed by atoms with Gasteiger partial charge in [0.05, 0.1) is 12.7 Å². The number of likely N-dealkylation sites (tertiary alicyclic amines) is 1. The lowest BCUT2D eigenvalue weighted by molar-refractivity contribution is 0.0167. The van der Waals surface area contributed by atoms with Gasteiger partial charge < -0.3 is 24.1 Å². The first kappa shape index (κ1) is 19.2. The number of ether oxygens (including phenoxy) is 2. The van der Waals surface area contributed by atoms with Crippen LogP contribution in [0.15, 0.2) is 28.7 Å². The van der Waals surface area contributed by atoms with Crippen molar-refractivity contribution in [3.63, 3.8) is 0 Å². The first-order valence-corrected chi connectivity index (χ1v) is 10.4. The number of nitrogens with one attached hydrogen (secondary N) is 1. The van der Waals surface area contributed by atoms with Crippen LogP contribution < -0.4 is 5.32 Å². The average molecular weight is 387 g/mol. The highest BCUT2D eigenvalue weighted by Crippen LogP contribution is 2.29. The maximum absolute atomic E-state index is 12.3. The molecule has 1 aromatic carbocycles. The topological polar surface area (TPSA) is 76.8 Å². The zero-order chi connectivity index (χ0) is 19.2. The second-order valence-electron chi connectivity index (χ2n) is 7.58. The summed E-state index contributed by atoms with van der Waals surface area (Å²) in [4.78, 5) is 18.8. The van der Waals surface area contributed by atoms with Crippen LogP contribution in [0.4, 0.5) is 4.79 Å². The van der Waals surface area contributed by atoms with Gasteiger partial charge in [-0.25, -0.2) is 9.78 Å². The number of nitrogens with zero attached hydrogens (tertiary/aromatic N) is 2. The predicted octanol–water partition coefficient (Wildman–Crippen LogP) is 3.30. The molecule has 2 aromatic rings. The van der Waals surface area contributed by atoms with Crippen molar-refractivity contribution in [1.29, 1.82) is 0 Å². The van der Waals surface area contributed by atoms with Crippen molar-refractivity contribution in [1.82, 2.24) is 15.2 Å². The molecule has 2 fully saturated rings. The molecule has 2 amide bonds. The maximum Gasteiger partial charge on any atom is 0.317 e. The van der Waals surface area contributed by atoms with Gasteiger partial charge in [0, 0.05) is 38.8 Å². The van der Waals surface area contributed by atoms with Crippen molar-refractivity contribution in [2.45, 2.75) is 44.1 Å². The number of carbonyl (C=O) groups is 1. The minimum absolute atomic E-state index is 0.00939. The van der Waals surface area contributed by atoms with Gasteiger partial charge in [-0.3, -0.25) is 0 Å². The molecule has 0 saturated carbocycles. The van der Waals surface area contributed by atoms with E-state index in [4.69, 9.17) is 13.9 Å². The quantitative estimate of drug-likeness (QED) is 0.738. The number of oxazole rings is 1. The van der Waals surface area contributed by atoms with Crippen LogP contribution in [0.2, 0.25) is 0 Å². The lowest BCUT2D eigenvalue weighted by Gasteiger charge is -2.30. The van der Waals surface area contributed by atoms with E-state index in [1.165, 1.54) is 0 Å². The number of piperidine rings is 1. The van der Waals surface area contributed by atoms with Gasteiger partial charge in [0.1, 0.15) is 5.52 Å². The summed E-state index contributed by atoms with van der Waals surface area (Å²) >= 11 is 0. The summed E-state index contributed by atoms with van der Waals surface area (Å²) in [5, 5.41) is 2.99. The fraction of sp³-hybridized carbons (Fsp3) is 0.619. The van der Waals surface area contributed by atoms with Gasteiger partial charge >= 0.3 is 6.03 Å². The van der Waals surface area contributed by atoms with Crippen LogP contribution in [-0.2, 0) is 9.47 Å². The van der Waals surface area contributed by atoms with E-state index in [9.17, 15) is 4.79 Å². The van der Waals surface area contributed by atoms with E-state index in [0.717, 1.165) is 68.8 Å². The third-order valence-electron chi connectivity index (χ3n) is 5.51. The second kappa shape index (κ2) is 9.39. The van der Waals surface area contributed by atoms with Crippen molar-refractivity contribution >= 4 is 17.1 Å². The summed E-state index contributed by atoms with van der Waals surface area (Å²) < 4.78 is 17.0.